The molecule has 0 spiro atoms. The molecule has 1 atom stereocenters. The fraction of sp³-hybridized carbons (Fsp3) is 0.107. The van der Waals surface area contributed by atoms with Crippen molar-refractivity contribution >= 4 is 27.8 Å². The summed E-state index contributed by atoms with van der Waals surface area (Å²) in [4.78, 5) is 41.9. The molecular formula is C28H19NO6. The first-order valence-electron chi connectivity index (χ1n) is 11.1. The predicted molar refractivity (Wildman–Crippen MR) is 131 cm³/mol. The Bertz CT molecular complexity index is 1750. The minimum absolute atomic E-state index is 0.0546. The maximum atomic E-state index is 13.4. The number of pyridine rings is 1. The lowest BCUT2D eigenvalue weighted by atomic mass is 9.85. The molecule has 0 aliphatic carbocycles. The van der Waals surface area contributed by atoms with Crippen LogP contribution in [0, 0.1) is 0 Å². The number of aromatic amines is 1. The van der Waals surface area contributed by atoms with Crippen molar-refractivity contribution in [1.82, 2.24) is 4.98 Å². The van der Waals surface area contributed by atoms with Crippen LogP contribution in [0.1, 0.15) is 23.5 Å². The number of hydrogen-bond acceptors (Lipinski definition) is 6. The van der Waals surface area contributed by atoms with Crippen LogP contribution in [0.25, 0.3) is 33.0 Å². The van der Waals surface area contributed by atoms with Crippen molar-refractivity contribution in [2.24, 2.45) is 0 Å². The molecule has 1 aliphatic heterocycles. The minimum atomic E-state index is -0.643. The van der Waals surface area contributed by atoms with Crippen molar-refractivity contribution in [1.29, 1.82) is 0 Å². The Labute approximate surface area is 198 Å². The standard InChI is InChI=1S/C28H19NO6/c1-33-17-8-7-16-11-20(28(32)29-22(16)12-17)19-13-24(30)35-23-10-9-18-26(31)21(14-34-27(18)25(19)23)15-5-3-2-4-6-15/h2-12,14,19H,13H2,1H3,(H,29,32)/t19-/m1/s1. The topological polar surface area (TPSA) is 98.6 Å². The quantitative estimate of drug-likeness (QED) is 0.305. The van der Waals surface area contributed by atoms with Gasteiger partial charge in [-0.05, 0) is 41.3 Å². The van der Waals surface area contributed by atoms with Crippen molar-refractivity contribution < 1.29 is 18.7 Å². The van der Waals surface area contributed by atoms with Gasteiger partial charge in [0.15, 0.2) is 0 Å². The fourth-order valence-corrected chi connectivity index (χ4v) is 4.72. The molecule has 1 N–H and O–H groups in total. The van der Waals surface area contributed by atoms with Crippen LogP contribution in [-0.4, -0.2) is 18.1 Å². The summed E-state index contributed by atoms with van der Waals surface area (Å²) in [7, 11) is 1.56. The second-order valence-electron chi connectivity index (χ2n) is 8.44. The van der Waals surface area contributed by atoms with E-state index in [4.69, 9.17) is 13.9 Å². The molecule has 0 saturated heterocycles. The third-order valence-electron chi connectivity index (χ3n) is 6.43. The molecule has 0 fully saturated rings. The first-order valence-corrected chi connectivity index (χ1v) is 11.1. The molecule has 0 unspecified atom stereocenters. The average molecular weight is 465 g/mol. The molecule has 172 valence electrons. The van der Waals surface area contributed by atoms with Gasteiger partial charge in [0.05, 0.1) is 30.0 Å². The largest absolute Gasteiger partial charge is 0.497 e. The molecule has 0 radical (unpaired) electrons. The van der Waals surface area contributed by atoms with Gasteiger partial charge < -0.3 is 18.9 Å². The molecule has 35 heavy (non-hydrogen) atoms. The van der Waals surface area contributed by atoms with Crippen molar-refractivity contribution in [3.8, 4) is 22.6 Å². The van der Waals surface area contributed by atoms with E-state index in [1.807, 2.05) is 36.4 Å². The van der Waals surface area contributed by atoms with Gasteiger partial charge in [-0.15, -0.1) is 0 Å². The summed E-state index contributed by atoms with van der Waals surface area (Å²) in [6.07, 6.45) is 1.37. The Morgan fingerprint density at radius 3 is 2.60 bits per heavy atom. The molecule has 6 rings (SSSR count). The number of nitrogens with one attached hydrogen (secondary N) is 1. The van der Waals surface area contributed by atoms with Gasteiger partial charge >= 0.3 is 5.97 Å². The van der Waals surface area contributed by atoms with Crippen LogP contribution in [0.5, 0.6) is 11.5 Å². The van der Waals surface area contributed by atoms with E-state index in [0.29, 0.717) is 38.9 Å². The summed E-state index contributed by atoms with van der Waals surface area (Å²) < 4.78 is 16.7. The molecule has 2 aromatic heterocycles. The second-order valence-corrected chi connectivity index (χ2v) is 8.44. The smallest absolute Gasteiger partial charge is 0.312 e. The van der Waals surface area contributed by atoms with Gasteiger partial charge in [0.2, 0.25) is 5.43 Å². The van der Waals surface area contributed by atoms with E-state index >= 15 is 0 Å². The van der Waals surface area contributed by atoms with E-state index in [1.165, 1.54) is 6.26 Å². The third kappa shape index (κ3) is 3.40. The number of carbonyl (C=O) groups is 1. The minimum Gasteiger partial charge on any atom is -0.497 e. The second kappa shape index (κ2) is 7.99. The molecule has 0 bridgehead atoms. The van der Waals surface area contributed by atoms with Gasteiger partial charge in [0, 0.05) is 23.1 Å². The number of rotatable bonds is 3. The first kappa shape index (κ1) is 20.9. The highest BCUT2D eigenvalue weighted by molar-refractivity contribution is 5.90. The van der Waals surface area contributed by atoms with Crippen LogP contribution in [0.4, 0.5) is 0 Å². The number of H-pyrrole nitrogens is 1. The molecular weight excluding hydrogens is 446 g/mol. The Kier molecular flexibility index (Phi) is 4.77. The van der Waals surface area contributed by atoms with Crippen LogP contribution in [0.3, 0.4) is 0 Å². The normalized spacial score (nSPS) is 15.1. The van der Waals surface area contributed by atoms with Gasteiger partial charge in [0.25, 0.3) is 5.56 Å². The maximum absolute atomic E-state index is 13.4. The number of methoxy groups -OCH3 is 1. The first-order chi connectivity index (χ1) is 17.0. The SMILES string of the molecule is COc1ccc2cc([C@H]3CC(=O)Oc4ccc5c(=O)c(-c6ccccc6)coc5c43)c(=O)[nH]c2c1. The molecule has 3 aromatic carbocycles. The van der Waals surface area contributed by atoms with Crippen molar-refractivity contribution in [2.75, 3.05) is 7.11 Å². The summed E-state index contributed by atoms with van der Waals surface area (Å²) >= 11 is 0. The zero-order valence-corrected chi connectivity index (χ0v) is 18.7. The summed E-state index contributed by atoms with van der Waals surface area (Å²) in [6.45, 7) is 0. The van der Waals surface area contributed by atoms with Gasteiger partial charge in [-0.2, -0.15) is 0 Å². The maximum Gasteiger partial charge on any atom is 0.312 e. The van der Waals surface area contributed by atoms with Gasteiger partial charge in [-0.3, -0.25) is 14.4 Å². The van der Waals surface area contributed by atoms with E-state index < -0.39 is 11.9 Å². The number of hydrogen-bond donors (Lipinski definition) is 1. The van der Waals surface area contributed by atoms with E-state index in [9.17, 15) is 14.4 Å². The highest BCUT2D eigenvalue weighted by Gasteiger charge is 2.33. The number of esters is 1. The van der Waals surface area contributed by atoms with E-state index in [2.05, 4.69) is 4.98 Å². The van der Waals surface area contributed by atoms with E-state index in [1.54, 1.807) is 37.4 Å². The molecule has 0 saturated carbocycles. The van der Waals surface area contributed by atoms with Gasteiger partial charge in [0.1, 0.15) is 23.3 Å². The fourth-order valence-electron chi connectivity index (χ4n) is 4.72. The molecule has 5 aromatic rings. The van der Waals surface area contributed by atoms with Gasteiger partial charge in [-0.25, -0.2) is 0 Å². The summed E-state index contributed by atoms with van der Waals surface area (Å²) in [5.74, 6) is -0.201. The lowest BCUT2D eigenvalue weighted by Gasteiger charge is -2.25. The van der Waals surface area contributed by atoms with Crippen LogP contribution in [0.2, 0.25) is 0 Å². The number of benzene rings is 3. The Balaban J connectivity index is 1.58. The van der Waals surface area contributed by atoms with Crippen LogP contribution < -0.4 is 20.5 Å². The molecule has 7 nitrogen and oxygen atoms in total. The molecule has 3 heterocycles. The highest BCUT2D eigenvalue weighted by Crippen LogP contribution is 2.42. The average Bonchev–Trinajstić information content (AvgIpc) is 2.88. The zero-order chi connectivity index (χ0) is 24.1. The molecule has 7 heteroatoms. The third-order valence-corrected chi connectivity index (χ3v) is 6.43. The van der Waals surface area contributed by atoms with Crippen molar-refractivity contribution in [3.63, 3.8) is 0 Å². The summed E-state index contributed by atoms with van der Waals surface area (Å²) in [5, 5.41) is 1.14. The monoisotopic (exact) mass is 465 g/mol. The van der Waals surface area contributed by atoms with Crippen molar-refractivity contribution in [2.45, 2.75) is 12.3 Å². The van der Waals surface area contributed by atoms with Gasteiger partial charge in [-0.1, -0.05) is 30.3 Å². The van der Waals surface area contributed by atoms with E-state index in [0.717, 1.165) is 10.9 Å². The number of aromatic nitrogens is 1. The zero-order valence-electron chi connectivity index (χ0n) is 18.7. The lowest BCUT2D eigenvalue weighted by molar-refractivity contribution is -0.135. The van der Waals surface area contributed by atoms with Crippen LogP contribution >= 0.6 is 0 Å². The predicted octanol–water partition coefficient (Wildman–Crippen LogP) is 4.75. The number of ether oxygens (including phenoxy) is 2. The highest BCUT2D eigenvalue weighted by atomic mass is 16.5. The number of carbonyl (C=O) groups excluding carboxylic acids is 1. The summed E-state index contributed by atoms with van der Waals surface area (Å²) in [5.41, 5.74) is 2.46. The van der Waals surface area contributed by atoms with Crippen molar-refractivity contribution in [3.05, 3.63) is 105 Å². The molecule has 0 amide bonds. The van der Waals surface area contributed by atoms with Crippen LogP contribution in [0.15, 0.2) is 87.0 Å². The number of fused-ring (bicyclic) bond motifs is 4. The Morgan fingerprint density at radius 1 is 0.971 bits per heavy atom. The summed E-state index contributed by atoms with van der Waals surface area (Å²) in [6, 6.07) is 19.6. The van der Waals surface area contributed by atoms with Crippen LogP contribution in [-0.2, 0) is 4.79 Å². The Morgan fingerprint density at radius 2 is 1.80 bits per heavy atom. The lowest BCUT2D eigenvalue weighted by Crippen LogP contribution is -2.26. The van der Waals surface area contributed by atoms with E-state index in [-0.39, 0.29) is 23.2 Å². The molecule has 1 aliphatic rings. The Hall–Kier alpha value is -4.65.